The first kappa shape index (κ1) is 11.5. The lowest BCUT2D eigenvalue weighted by Crippen LogP contribution is -2.27. The number of benzene rings is 1. The summed E-state index contributed by atoms with van der Waals surface area (Å²) in [5.74, 6) is 0.101. The van der Waals surface area contributed by atoms with Gasteiger partial charge in [-0.3, -0.25) is 4.79 Å². The third-order valence-corrected chi connectivity index (χ3v) is 1.99. The second kappa shape index (κ2) is 4.77. The molecule has 0 radical (unpaired) electrons. The van der Waals surface area contributed by atoms with Crippen molar-refractivity contribution in [1.29, 1.82) is 0 Å². The number of halogens is 1. The van der Waals surface area contributed by atoms with Crippen LogP contribution in [0.15, 0.2) is 18.2 Å². The highest BCUT2D eigenvalue weighted by Crippen LogP contribution is 2.18. The monoisotopic (exact) mass is 211 g/mol. The van der Waals surface area contributed by atoms with E-state index in [1.54, 1.807) is 21.0 Å². The Morgan fingerprint density at radius 1 is 1.47 bits per heavy atom. The topological polar surface area (TPSA) is 29.5 Å². The van der Waals surface area contributed by atoms with Crippen LogP contribution in [0.3, 0.4) is 0 Å². The molecule has 1 aromatic rings. The molecule has 0 saturated carbocycles. The van der Waals surface area contributed by atoms with Crippen LogP contribution < -0.4 is 4.74 Å². The van der Waals surface area contributed by atoms with Gasteiger partial charge in [-0.25, -0.2) is 4.39 Å². The smallest absolute Gasteiger partial charge is 0.259 e. The van der Waals surface area contributed by atoms with Crippen molar-refractivity contribution in [3.63, 3.8) is 0 Å². The molecule has 0 atom stereocenters. The van der Waals surface area contributed by atoms with Gasteiger partial charge in [0.1, 0.15) is 11.6 Å². The molecule has 0 saturated heterocycles. The quantitative estimate of drug-likeness (QED) is 0.760. The molecular formula is C11H14FNO2. The third kappa shape index (κ3) is 3.23. The Bertz CT molecular complexity index is 364. The summed E-state index contributed by atoms with van der Waals surface area (Å²) in [7, 11) is 3.31. The first-order valence-electron chi connectivity index (χ1n) is 4.60. The number of aryl methyl sites for hydroxylation is 1. The van der Waals surface area contributed by atoms with Crippen LogP contribution in [0.5, 0.6) is 5.75 Å². The van der Waals surface area contributed by atoms with Crippen molar-refractivity contribution in [2.75, 3.05) is 20.7 Å². The summed E-state index contributed by atoms with van der Waals surface area (Å²) >= 11 is 0. The van der Waals surface area contributed by atoms with Crippen LogP contribution in [-0.2, 0) is 4.79 Å². The Kier molecular flexibility index (Phi) is 3.66. The molecule has 0 unspecified atom stereocenters. The summed E-state index contributed by atoms with van der Waals surface area (Å²) in [6, 6.07) is 4.20. The Morgan fingerprint density at radius 3 is 2.67 bits per heavy atom. The fraction of sp³-hybridized carbons (Fsp3) is 0.364. The van der Waals surface area contributed by atoms with Crippen molar-refractivity contribution in [1.82, 2.24) is 4.90 Å². The fourth-order valence-electron chi connectivity index (χ4n) is 1.04. The molecule has 0 aliphatic heterocycles. The molecule has 0 bridgehead atoms. The summed E-state index contributed by atoms with van der Waals surface area (Å²) in [6.07, 6.45) is 0. The predicted molar refractivity (Wildman–Crippen MR) is 55.3 cm³/mol. The van der Waals surface area contributed by atoms with Crippen LogP contribution >= 0.6 is 0 Å². The summed E-state index contributed by atoms with van der Waals surface area (Å²) in [5.41, 5.74) is 0.682. The lowest BCUT2D eigenvalue weighted by molar-refractivity contribution is -0.130. The van der Waals surface area contributed by atoms with Crippen LogP contribution in [0.25, 0.3) is 0 Å². The number of rotatable bonds is 3. The second-order valence-corrected chi connectivity index (χ2v) is 3.49. The SMILES string of the molecule is Cc1cc(F)ccc1OCC(=O)N(C)C. The largest absolute Gasteiger partial charge is 0.483 e. The number of nitrogens with zero attached hydrogens (tertiary/aromatic N) is 1. The van der Waals surface area contributed by atoms with Crippen LogP contribution in [0.1, 0.15) is 5.56 Å². The number of ether oxygens (including phenoxy) is 1. The van der Waals surface area contributed by atoms with Gasteiger partial charge in [0.2, 0.25) is 0 Å². The lowest BCUT2D eigenvalue weighted by Gasteiger charge is -2.12. The molecule has 1 rings (SSSR count). The molecule has 82 valence electrons. The maximum atomic E-state index is 12.7. The molecule has 3 nitrogen and oxygen atoms in total. The highest BCUT2D eigenvalue weighted by molar-refractivity contribution is 5.77. The summed E-state index contributed by atoms with van der Waals surface area (Å²) in [6.45, 7) is 1.71. The summed E-state index contributed by atoms with van der Waals surface area (Å²) < 4.78 is 18.0. The first-order chi connectivity index (χ1) is 7.00. The zero-order chi connectivity index (χ0) is 11.4. The molecule has 1 aromatic carbocycles. The van der Waals surface area contributed by atoms with Crippen LogP contribution in [0.4, 0.5) is 4.39 Å². The van der Waals surface area contributed by atoms with Gasteiger partial charge in [0.25, 0.3) is 5.91 Å². The lowest BCUT2D eigenvalue weighted by atomic mass is 10.2. The Labute approximate surface area is 88.5 Å². The highest BCUT2D eigenvalue weighted by Gasteiger charge is 2.06. The summed E-state index contributed by atoms with van der Waals surface area (Å²) in [5, 5.41) is 0. The number of hydrogen-bond acceptors (Lipinski definition) is 2. The molecule has 1 amide bonds. The van der Waals surface area contributed by atoms with Crippen LogP contribution in [0, 0.1) is 12.7 Å². The average Bonchev–Trinajstić information content (AvgIpc) is 2.15. The number of carbonyl (C=O) groups is 1. The number of hydrogen-bond donors (Lipinski definition) is 0. The summed E-state index contributed by atoms with van der Waals surface area (Å²) in [4.78, 5) is 12.7. The third-order valence-electron chi connectivity index (χ3n) is 1.99. The van der Waals surface area contributed by atoms with Gasteiger partial charge in [-0.1, -0.05) is 0 Å². The molecule has 0 N–H and O–H groups in total. The van der Waals surface area contributed by atoms with Crippen molar-refractivity contribution in [3.8, 4) is 5.75 Å². The molecule has 0 spiro atoms. The molecule has 0 heterocycles. The zero-order valence-corrected chi connectivity index (χ0v) is 9.08. The number of carbonyl (C=O) groups excluding carboxylic acids is 1. The van der Waals surface area contributed by atoms with Gasteiger partial charge in [0.15, 0.2) is 6.61 Å². The zero-order valence-electron chi connectivity index (χ0n) is 9.08. The minimum atomic E-state index is -0.307. The molecular weight excluding hydrogens is 197 g/mol. The van der Waals surface area contributed by atoms with Crippen molar-refractivity contribution in [2.45, 2.75) is 6.92 Å². The number of likely N-dealkylation sites (N-methyl/N-ethyl adjacent to an activating group) is 1. The van der Waals surface area contributed by atoms with E-state index in [0.29, 0.717) is 11.3 Å². The van der Waals surface area contributed by atoms with Crippen LogP contribution in [0.2, 0.25) is 0 Å². The molecule has 0 fully saturated rings. The van der Waals surface area contributed by atoms with Crippen LogP contribution in [-0.4, -0.2) is 31.5 Å². The van der Waals surface area contributed by atoms with Gasteiger partial charge in [0.05, 0.1) is 0 Å². The van der Waals surface area contributed by atoms with Gasteiger partial charge >= 0.3 is 0 Å². The molecule has 0 aromatic heterocycles. The Hall–Kier alpha value is -1.58. The standard InChI is InChI=1S/C11H14FNO2/c1-8-6-9(12)4-5-10(8)15-7-11(14)13(2)3/h4-6H,7H2,1-3H3. The molecule has 15 heavy (non-hydrogen) atoms. The molecule has 0 aliphatic carbocycles. The van der Waals surface area contributed by atoms with E-state index < -0.39 is 0 Å². The Morgan fingerprint density at radius 2 is 2.13 bits per heavy atom. The second-order valence-electron chi connectivity index (χ2n) is 3.49. The maximum absolute atomic E-state index is 12.7. The van der Waals surface area contributed by atoms with Gasteiger partial charge in [-0.2, -0.15) is 0 Å². The van der Waals surface area contributed by atoms with Gasteiger partial charge in [0, 0.05) is 14.1 Å². The Balaban J connectivity index is 2.62. The van der Waals surface area contributed by atoms with E-state index in [4.69, 9.17) is 4.74 Å². The van der Waals surface area contributed by atoms with E-state index in [9.17, 15) is 9.18 Å². The van der Waals surface area contributed by atoms with Crippen molar-refractivity contribution in [3.05, 3.63) is 29.6 Å². The van der Waals surface area contributed by atoms with Crippen molar-refractivity contribution < 1.29 is 13.9 Å². The maximum Gasteiger partial charge on any atom is 0.259 e. The van der Waals surface area contributed by atoms with E-state index >= 15 is 0 Å². The predicted octanol–water partition coefficient (Wildman–Crippen LogP) is 1.60. The van der Waals surface area contributed by atoms with E-state index in [2.05, 4.69) is 0 Å². The van der Waals surface area contributed by atoms with Gasteiger partial charge in [-0.05, 0) is 30.7 Å². The van der Waals surface area contributed by atoms with E-state index in [-0.39, 0.29) is 18.3 Å². The fourth-order valence-corrected chi connectivity index (χ4v) is 1.04. The normalized spacial score (nSPS) is 9.87. The molecule has 4 heteroatoms. The first-order valence-corrected chi connectivity index (χ1v) is 4.60. The van der Waals surface area contributed by atoms with Crippen molar-refractivity contribution in [2.24, 2.45) is 0 Å². The van der Waals surface area contributed by atoms with Gasteiger partial charge < -0.3 is 9.64 Å². The number of amides is 1. The van der Waals surface area contributed by atoms with Gasteiger partial charge in [-0.15, -0.1) is 0 Å². The minimum absolute atomic E-state index is 0.0283. The average molecular weight is 211 g/mol. The highest BCUT2D eigenvalue weighted by atomic mass is 19.1. The minimum Gasteiger partial charge on any atom is -0.483 e. The van der Waals surface area contributed by atoms with E-state index in [0.717, 1.165) is 0 Å². The molecule has 0 aliphatic rings. The van der Waals surface area contributed by atoms with E-state index in [1.165, 1.54) is 23.1 Å². The van der Waals surface area contributed by atoms with E-state index in [1.807, 2.05) is 0 Å². The van der Waals surface area contributed by atoms with Crippen molar-refractivity contribution >= 4 is 5.91 Å².